The lowest BCUT2D eigenvalue weighted by Crippen LogP contribution is -2.41. The monoisotopic (exact) mass is 326 g/mol. The fourth-order valence-corrected chi connectivity index (χ4v) is 2.68. The van der Waals surface area contributed by atoms with Crippen LogP contribution in [0.2, 0.25) is 0 Å². The molecule has 3 N–H and O–H groups in total. The van der Waals surface area contributed by atoms with E-state index in [2.05, 4.69) is 10.6 Å². The second kappa shape index (κ2) is 8.01. The van der Waals surface area contributed by atoms with Crippen LogP contribution in [-0.4, -0.2) is 36.1 Å². The third kappa shape index (κ3) is 5.28. The molecule has 7 heteroatoms. The van der Waals surface area contributed by atoms with Crippen LogP contribution in [0.4, 0.5) is 8.78 Å². The van der Waals surface area contributed by atoms with Gasteiger partial charge in [0, 0.05) is 24.1 Å². The van der Waals surface area contributed by atoms with Gasteiger partial charge in [0.1, 0.15) is 11.6 Å². The van der Waals surface area contributed by atoms with Crippen LogP contribution < -0.4 is 10.6 Å². The number of hydrogen-bond donors (Lipinski definition) is 3. The molecule has 0 saturated heterocycles. The Kier molecular flexibility index (Phi) is 6.04. The molecule has 0 aliphatic heterocycles. The summed E-state index contributed by atoms with van der Waals surface area (Å²) in [6.07, 6.45) is 3.21. The summed E-state index contributed by atoms with van der Waals surface area (Å²) >= 11 is 0. The van der Waals surface area contributed by atoms with Crippen LogP contribution in [0.25, 0.3) is 0 Å². The summed E-state index contributed by atoms with van der Waals surface area (Å²) in [6, 6.07) is 2.46. The van der Waals surface area contributed by atoms with Crippen LogP contribution in [0.5, 0.6) is 0 Å². The highest BCUT2D eigenvalue weighted by atomic mass is 19.1. The van der Waals surface area contributed by atoms with Gasteiger partial charge in [-0.05, 0) is 25.0 Å². The van der Waals surface area contributed by atoms with Crippen LogP contribution >= 0.6 is 0 Å². The zero-order valence-corrected chi connectivity index (χ0v) is 12.6. The van der Waals surface area contributed by atoms with Gasteiger partial charge in [0.25, 0.3) is 5.91 Å². The normalized spacial score (nSPS) is 20.8. The molecule has 1 aromatic carbocycles. The van der Waals surface area contributed by atoms with Crippen molar-refractivity contribution >= 4 is 11.8 Å². The van der Waals surface area contributed by atoms with Crippen LogP contribution in [-0.2, 0) is 4.79 Å². The lowest BCUT2D eigenvalue weighted by atomic mass is 9.86. The number of amides is 2. The summed E-state index contributed by atoms with van der Waals surface area (Å²) < 4.78 is 26.1. The highest BCUT2D eigenvalue weighted by Gasteiger charge is 2.23. The molecule has 5 nitrogen and oxygen atoms in total. The van der Waals surface area contributed by atoms with Crippen molar-refractivity contribution in [1.29, 1.82) is 0 Å². The number of halogens is 2. The number of hydrogen-bond acceptors (Lipinski definition) is 3. The summed E-state index contributed by atoms with van der Waals surface area (Å²) in [5.74, 6) is -2.82. The molecule has 0 aromatic heterocycles. The molecule has 0 spiro atoms. The number of aliphatic hydroxyl groups is 1. The molecule has 1 aliphatic carbocycles. The summed E-state index contributed by atoms with van der Waals surface area (Å²) in [5.41, 5.74) is -0.182. The molecular formula is C16H20F2N2O3. The molecule has 2 rings (SSSR count). The van der Waals surface area contributed by atoms with Crippen molar-refractivity contribution in [2.45, 2.75) is 31.8 Å². The molecule has 0 radical (unpaired) electrons. The molecule has 2 atom stereocenters. The third-order valence-electron chi connectivity index (χ3n) is 3.96. The van der Waals surface area contributed by atoms with Crippen molar-refractivity contribution in [1.82, 2.24) is 10.6 Å². The minimum atomic E-state index is -0.856. The smallest absolute Gasteiger partial charge is 0.251 e. The Bertz CT molecular complexity index is 560. The van der Waals surface area contributed by atoms with Crippen molar-refractivity contribution in [2.75, 3.05) is 13.1 Å². The first-order valence-corrected chi connectivity index (χ1v) is 7.65. The van der Waals surface area contributed by atoms with Gasteiger partial charge < -0.3 is 15.7 Å². The molecule has 0 heterocycles. The Labute approximate surface area is 133 Å². The lowest BCUT2D eigenvalue weighted by Gasteiger charge is -2.27. The summed E-state index contributed by atoms with van der Waals surface area (Å²) in [5, 5.41) is 14.8. The van der Waals surface area contributed by atoms with E-state index in [9.17, 15) is 23.5 Å². The van der Waals surface area contributed by atoms with Gasteiger partial charge >= 0.3 is 0 Å². The van der Waals surface area contributed by atoms with Gasteiger partial charge in [-0.2, -0.15) is 0 Å². The molecule has 2 amide bonds. The molecule has 1 aromatic rings. The Morgan fingerprint density at radius 1 is 1.09 bits per heavy atom. The lowest BCUT2D eigenvalue weighted by molar-refractivity contribution is -0.120. The van der Waals surface area contributed by atoms with Crippen molar-refractivity contribution < 1.29 is 23.5 Å². The number of benzene rings is 1. The van der Waals surface area contributed by atoms with E-state index in [1.165, 1.54) is 0 Å². The van der Waals surface area contributed by atoms with E-state index in [-0.39, 0.29) is 18.0 Å². The van der Waals surface area contributed by atoms with E-state index in [1.54, 1.807) is 0 Å². The van der Waals surface area contributed by atoms with Gasteiger partial charge in [-0.25, -0.2) is 8.78 Å². The largest absolute Gasteiger partial charge is 0.393 e. The molecule has 1 aliphatic rings. The van der Waals surface area contributed by atoms with Gasteiger partial charge in [-0.15, -0.1) is 0 Å². The minimum Gasteiger partial charge on any atom is -0.393 e. The van der Waals surface area contributed by atoms with Crippen molar-refractivity contribution in [2.24, 2.45) is 5.92 Å². The van der Waals surface area contributed by atoms with E-state index in [1.807, 2.05) is 0 Å². The van der Waals surface area contributed by atoms with E-state index in [0.29, 0.717) is 12.6 Å². The first kappa shape index (κ1) is 17.3. The van der Waals surface area contributed by atoms with Crippen molar-refractivity contribution in [3.05, 3.63) is 35.4 Å². The highest BCUT2D eigenvalue weighted by molar-refractivity contribution is 5.96. The fourth-order valence-electron chi connectivity index (χ4n) is 2.68. The first-order valence-electron chi connectivity index (χ1n) is 7.65. The average Bonchev–Trinajstić information content (AvgIpc) is 2.51. The molecular weight excluding hydrogens is 306 g/mol. The van der Waals surface area contributed by atoms with Crippen LogP contribution in [0.3, 0.4) is 0 Å². The maximum absolute atomic E-state index is 13.0. The quantitative estimate of drug-likeness (QED) is 0.764. The number of carbonyl (C=O) groups excluding carboxylic acids is 2. The Balaban J connectivity index is 1.76. The zero-order valence-electron chi connectivity index (χ0n) is 12.6. The number of carbonyl (C=O) groups is 2. The summed E-state index contributed by atoms with van der Waals surface area (Å²) in [7, 11) is 0. The van der Waals surface area contributed by atoms with Crippen molar-refractivity contribution in [3.8, 4) is 0 Å². The second-order valence-corrected chi connectivity index (χ2v) is 5.76. The highest BCUT2D eigenvalue weighted by Crippen LogP contribution is 2.23. The molecule has 126 valence electrons. The van der Waals surface area contributed by atoms with Gasteiger partial charge in [-0.1, -0.05) is 12.8 Å². The Morgan fingerprint density at radius 3 is 2.39 bits per heavy atom. The predicted octanol–water partition coefficient (Wildman–Crippen LogP) is 1.36. The Hall–Kier alpha value is -2.02. The maximum Gasteiger partial charge on any atom is 0.251 e. The standard InChI is InChI=1S/C16H20F2N2O3/c17-12-5-11(6-13(18)7-12)16(23)20-9-15(22)19-8-10-3-1-2-4-14(10)21/h5-7,10,14,21H,1-4,8-9H2,(H,19,22)(H,20,23)/t10-,14-/m1/s1. The first-order chi connectivity index (χ1) is 11.0. The number of aliphatic hydroxyl groups excluding tert-OH is 1. The third-order valence-corrected chi connectivity index (χ3v) is 3.96. The average molecular weight is 326 g/mol. The molecule has 0 unspecified atom stereocenters. The van der Waals surface area contributed by atoms with E-state index in [0.717, 1.165) is 37.8 Å². The predicted molar refractivity (Wildman–Crippen MR) is 79.7 cm³/mol. The fraction of sp³-hybridized carbons (Fsp3) is 0.500. The van der Waals surface area contributed by atoms with Crippen LogP contribution in [0.1, 0.15) is 36.0 Å². The van der Waals surface area contributed by atoms with E-state index < -0.39 is 29.6 Å². The topological polar surface area (TPSA) is 78.4 Å². The van der Waals surface area contributed by atoms with Gasteiger partial charge in [0.2, 0.25) is 5.91 Å². The summed E-state index contributed by atoms with van der Waals surface area (Å²) in [4.78, 5) is 23.5. The van der Waals surface area contributed by atoms with E-state index >= 15 is 0 Å². The molecule has 1 saturated carbocycles. The summed E-state index contributed by atoms with van der Waals surface area (Å²) in [6.45, 7) is 0.0598. The van der Waals surface area contributed by atoms with Gasteiger partial charge in [-0.3, -0.25) is 9.59 Å². The maximum atomic E-state index is 13.0. The molecule has 0 bridgehead atoms. The molecule has 23 heavy (non-hydrogen) atoms. The molecule has 1 fully saturated rings. The van der Waals surface area contributed by atoms with Gasteiger partial charge in [0.05, 0.1) is 12.6 Å². The Morgan fingerprint density at radius 2 is 1.74 bits per heavy atom. The van der Waals surface area contributed by atoms with Crippen LogP contribution in [0.15, 0.2) is 18.2 Å². The minimum absolute atomic E-state index is 0.0284. The SMILES string of the molecule is O=C(CNC(=O)c1cc(F)cc(F)c1)NC[C@H]1CCCC[C@H]1O. The van der Waals surface area contributed by atoms with Gasteiger partial charge in [0.15, 0.2) is 0 Å². The van der Waals surface area contributed by atoms with Crippen molar-refractivity contribution in [3.63, 3.8) is 0 Å². The number of nitrogens with one attached hydrogen (secondary N) is 2. The van der Waals surface area contributed by atoms with Crippen LogP contribution in [0, 0.1) is 17.6 Å². The second-order valence-electron chi connectivity index (χ2n) is 5.76. The van der Waals surface area contributed by atoms with E-state index in [4.69, 9.17) is 0 Å². The number of rotatable bonds is 5. The zero-order chi connectivity index (χ0) is 16.8.